The molecule has 1 aromatic carbocycles. The van der Waals surface area contributed by atoms with Crippen LogP contribution in [0.2, 0.25) is 0 Å². The van der Waals surface area contributed by atoms with E-state index >= 15 is 0 Å². The second-order valence-electron chi connectivity index (χ2n) is 4.36. The summed E-state index contributed by atoms with van der Waals surface area (Å²) in [5, 5.41) is 4.85. The predicted molar refractivity (Wildman–Crippen MR) is 72.2 cm³/mol. The normalized spacial score (nSPS) is 20.4. The van der Waals surface area contributed by atoms with Crippen molar-refractivity contribution in [3.63, 3.8) is 0 Å². The third-order valence-corrected chi connectivity index (χ3v) is 4.42. The molecule has 0 aliphatic carbocycles. The number of hydrogen-bond donors (Lipinski definition) is 2. The molecule has 1 aliphatic heterocycles. The van der Waals surface area contributed by atoms with Gasteiger partial charge in [-0.15, -0.1) is 0 Å². The van der Waals surface area contributed by atoms with Gasteiger partial charge >= 0.3 is 0 Å². The van der Waals surface area contributed by atoms with Gasteiger partial charge in [0.25, 0.3) is 0 Å². The maximum atomic E-state index is 3.57. The smallest absolute Gasteiger partial charge is 0.0689 e. The van der Waals surface area contributed by atoms with Gasteiger partial charge in [-0.25, -0.2) is 0 Å². The van der Waals surface area contributed by atoms with E-state index in [0.29, 0.717) is 0 Å². The van der Waals surface area contributed by atoms with Crippen LogP contribution >= 0.6 is 11.8 Å². The first kappa shape index (κ1) is 10.1. The van der Waals surface area contributed by atoms with Gasteiger partial charge < -0.3 is 10.3 Å². The van der Waals surface area contributed by atoms with E-state index in [9.17, 15) is 0 Å². The van der Waals surface area contributed by atoms with Gasteiger partial charge in [-0.2, -0.15) is 11.8 Å². The molecule has 2 heterocycles. The molecule has 3 heteroatoms. The Labute approximate surface area is 99.8 Å². The minimum absolute atomic E-state index is 0.843. The average molecular weight is 232 g/mol. The summed E-state index contributed by atoms with van der Waals surface area (Å²) in [6.07, 6.45) is 3.36. The van der Waals surface area contributed by atoms with Gasteiger partial charge in [0.15, 0.2) is 0 Å². The summed E-state index contributed by atoms with van der Waals surface area (Å²) in [6, 6.07) is 8.53. The molecule has 1 aliphatic rings. The van der Waals surface area contributed by atoms with Crippen molar-refractivity contribution in [2.24, 2.45) is 5.92 Å². The van der Waals surface area contributed by atoms with E-state index in [1.165, 1.54) is 34.5 Å². The van der Waals surface area contributed by atoms with Crippen LogP contribution in [0.1, 0.15) is 6.42 Å². The lowest BCUT2D eigenvalue weighted by atomic mass is 10.1. The minimum Gasteiger partial charge on any atom is -0.383 e. The number of hydrogen-bond acceptors (Lipinski definition) is 2. The van der Waals surface area contributed by atoms with E-state index in [1.54, 1.807) is 0 Å². The molecule has 3 rings (SSSR count). The Morgan fingerprint density at radius 3 is 3.25 bits per heavy atom. The molecule has 1 fully saturated rings. The predicted octanol–water partition coefficient (Wildman–Crippen LogP) is 3.33. The molecule has 2 nitrogen and oxygen atoms in total. The van der Waals surface area contributed by atoms with Gasteiger partial charge in [-0.3, -0.25) is 0 Å². The van der Waals surface area contributed by atoms with Crippen molar-refractivity contribution in [3.8, 4) is 0 Å². The van der Waals surface area contributed by atoms with E-state index < -0.39 is 0 Å². The highest BCUT2D eigenvalue weighted by Crippen LogP contribution is 2.26. The molecule has 0 spiro atoms. The molecular formula is C13H16N2S. The van der Waals surface area contributed by atoms with E-state index in [4.69, 9.17) is 0 Å². The molecule has 1 saturated heterocycles. The number of H-pyrrole nitrogens is 1. The van der Waals surface area contributed by atoms with Crippen LogP contribution in [0, 0.1) is 5.92 Å². The number of fused-ring (bicyclic) bond motifs is 1. The molecule has 0 radical (unpaired) electrons. The number of nitrogens with one attached hydrogen (secondary N) is 2. The van der Waals surface area contributed by atoms with Crippen molar-refractivity contribution in [2.45, 2.75) is 6.42 Å². The van der Waals surface area contributed by atoms with E-state index in [-0.39, 0.29) is 0 Å². The topological polar surface area (TPSA) is 27.8 Å². The van der Waals surface area contributed by atoms with E-state index in [2.05, 4.69) is 46.3 Å². The van der Waals surface area contributed by atoms with Gasteiger partial charge in [0.1, 0.15) is 0 Å². The molecule has 0 amide bonds. The van der Waals surface area contributed by atoms with Gasteiger partial charge in [-0.05, 0) is 36.0 Å². The summed E-state index contributed by atoms with van der Waals surface area (Å²) >= 11 is 2.07. The summed E-state index contributed by atoms with van der Waals surface area (Å²) < 4.78 is 0. The first-order chi connectivity index (χ1) is 7.93. The zero-order valence-corrected chi connectivity index (χ0v) is 10.0. The highest BCUT2D eigenvalue weighted by Gasteiger charge is 2.15. The number of rotatable bonds is 3. The molecule has 84 valence electrons. The fourth-order valence-corrected chi connectivity index (χ4v) is 3.52. The summed E-state index contributed by atoms with van der Waals surface area (Å²) in [4.78, 5) is 3.30. The minimum atomic E-state index is 0.843. The van der Waals surface area contributed by atoms with Crippen molar-refractivity contribution in [3.05, 3.63) is 30.5 Å². The Hall–Kier alpha value is -1.09. The fourth-order valence-electron chi connectivity index (χ4n) is 2.23. The number of para-hydroxylation sites is 1. The first-order valence-electron chi connectivity index (χ1n) is 5.81. The van der Waals surface area contributed by atoms with Gasteiger partial charge in [0.2, 0.25) is 0 Å². The lowest BCUT2D eigenvalue weighted by molar-refractivity contribution is 0.632. The second-order valence-corrected chi connectivity index (χ2v) is 5.51. The van der Waals surface area contributed by atoms with Gasteiger partial charge in [0, 0.05) is 18.1 Å². The first-order valence-corrected chi connectivity index (χ1v) is 6.97. The third-order valence-electron chi connectivity index (χ3n) is 3.19. The Kier molecular flexibility index (Phi) is 2.79. The molecule has 16 heavy (non-hydrogen) atoms. The van der Waals surface area contributed by atoms with E-state index in [0.717, 1.165) is 12.5 Å². The van der Waals surface area contributed by atoms with Crippen LogP contribution in [-0.2, 0) is 0 Å². The Bertz CT molecular complexity index is 471. The summed E-state index contributed by atoms with van der Waals surface area (Å²) in [6.45, 7) is 1.10. The highest BCUT2D eigenvalue weighted by molar-refractivity contribution is 7.99. The quantitative estimate of drug-likeness (QED) is 0.849. The van der Waals surface area contributed by atoms with Gasteiger partial charge in [-0.1, -0.05) is 12.1 Å². The summed E-state index contributed by atoms with van der Waals surface area (Å²) in [5.41, 5.74) is 2.47. The molecule has 0 bridgehead atoms. The van der Waals surface area contributed by atoms with E-state index in [1.807, 2.05) is 6.20 Å². The molecule has 1 unspecified atom stereocenters. The van der Waals surface area contributed by atoms with Crippen molar-refractivity contribution in [1.29, 1.82) is 0 Å². The molecule has 2 aromatic rings. The molecule has 2 N–H and O–H groups in total. The highest BCUT2D eigenvalue weighted by atomic mass is 32.2. The van der Waals surface area contributed by atoms with Crippen molar-refractivity contribution in [1.82, 2.24) is 4.98 Å². The van der Waals surface area contributed by atoms with Crippen LogP contribution in [0.3, 0.4) is 0 Å². The van der Waals surface area contributed by atoms with Crippen molar-refractivity contribution in [2.75, 3.05) is 23.4 Å². The SMILES string of the molecule is c1cc(NCC2CCSC2)c2[nH]ccc2c1. The maximum absolute atomic E-state index is 3.57. The van der Waals surface area contributed by atoms with Crippen molar-refractivity contribution >= 4 is 28.4 Å². The summed E-state index contributed by atoms with van der Waals surface area (Å²) in [5.74, 6) is 3.49. The second kappa shape index (κ2) is 4.42. The zero-order valence-electron chi connectivity index (χ0n) is 9.20. The number of anilines is 1. The number of benzene rings is 1. The maximum Gasteiger partial charge on any atom is 0.0689 e. The largest absolute Gasteiger partial charge is 0.383 e. The van der Waals surface area contributed by atoms with Crippen LogP contribution in [0.4, 0.5) is 5.69 Å². The number of aromatic amines is 1. The number of thioether (sulfide) groups is 1. The number of aromatic nitrogens is 1. The Balaban J connectivity index is 1.75. The summed E-state index contributed by atoms with van der Waals surface area (Å²) in [7, 11) is 0. The Morgan fingerprint density at radius 1 is 1.38 bits per heavy atom. The van der Waals surface area contributed by atoms with Crippen LogP contribution in [0.5, 0.6) is 0 Å². The molecule has 1 aromatic heterocycles. The van der Waals surface area contributed by atoms with Crippen molar-refractivity contribution < 1.29 is 0 Å². The van der Waals surface area contributed by atoms with Crippen LogP contribution in [0.25, 0.3) is 10.9 Å². The Morgan fingerprint density at radius 2 is 2.38 bits per heavy atom. The molecule has 0 saturated carbocycles. The van der Waals surface area contributed by atoms with Crippen LogP contribution in [-0.4, -0.2) is 23.0 Å². The average Bonchev–Trinajstić information content (AvgIpc) is 2.97. The molecule has 1 atom stereocenters. The molecular weight excluding hydrogens is 216 g/mol. The van der Waals surface area contributed by atoms with Crippen LogP contribution < -0.4 is 5.32 Å². The standard InChI is InChI=1S/C13H16N2S/c1-2-11-4-6-14-13(11)12(3-1)15-8-10-5-7-16-9-10/h1-4,6,10,14-15H,5,7-9H2. The fraction of sp³-hybridized carbons (Fsp3) is 0.385. The monoisotopic (exact) mass is 232 g/mol. The van der Waals surface area contributed by atoms with Crippen LogP contribution in [0.15, 0.2) is 30.5 Å². The lowest BCUT2D eigenvalue weighted by Crippen LogP contribution is -2.13. The zero-order chi connectivity index (χ0) is 10.8. The third kappa shape index (κ3) is 1.92. The van der Waals surface area contributed by atoms with Gasteiger partial charge in [0.05, 0.1) is 11.2 Å². The lowest BCUT2D eigenvalue weighted by Gasteiger charge is -2.11.